The van der Waals surface area contributed by atoms with Gasteiger partial charge in [-0.2, -0.15) is 8.78 Å². The van der Waals surface area contributed by atoms with Crippen molar-refractivity contribution in [2.24, 2.45) is 0 Å². The lowest BCUT2D eigenvalue weighted by Gasteiger charge is -2.34. The fourth-order valence-corrected chi connectivity index (χ4v) is 2.80. The predicted octanol–water partition coefficient (Wildman–Crippen LogP) is 2.97. The van der Waals surface area contributed by atoms with E-state index < -0.39 is 19.0 Å². The number of aromatic nitrogens is 1. The highest BCUT2D eigenvalue weighted by atomic mass is 19.3. The first-order valence-corrected chi connectivity index (χ1v) is 8.61. The molecular weight excluding hydrogens is 354 g/mol. The van der Waals surface area contributed by atoms with Crippen LogP contribution in [0.1, 0.15) is 36.5 Å². The number of hydrogen-bond donors (Lipinski definition) is 1. The molecule has 0 aliphatic carbocycles. The zero-order valence-electron chi connectivity index (χ0n) is 14.6. The minimum atomic E-state index is -4.25. The quantitative estimate of drug-likeness (QED) is 0.708. The Morgan fingerprint density at radius 2 is 2.08 bits per heavy atom. The third kappa shape index (κ3) is 5.30. The van der Waals surface area contributed by atoms with Crippen molar-refractivity contribution in [2.75, 3.05) is 26.2 Å². The molecule has 0 aromatic carbocycles. The fraction of sp³-hybridized carbons (Fsp3) is 0.647. The summed E-state index contributed by atoms with van der Waals surface area (Å²) in [7, 11) is 0. The number of hydrogen-bond acceptors (Lipinski definition) is 4. The van der Waals surface area contributed by atoms with Crippen molar-refractivity contribution in [3.8, 4) is 5.88 Å². The lowest BCUT2D eigenvalue weighted by atomic mass is 10.0. The van der Waals surface area contributed by atoms with Gasteiger partial charge in [-0.1, -0.05) is 6.92 Å². The molecule has 1 aliphatic heterocycles. The third-order valence-corrected chi connectivity index (χ3v) is 4.19. The molecule has 1 aliphatic rings. The molecule has 0 spiro atoms. The van der Waals surface area contributed by atoms with Crippen LogP contribution < -0.4 is 10.1 Å². The number of piperidine rings is 1. The number of halogens is 4. The van der Waals surface area contributed by atoms with E-state index >= 15 is 0 Å². The minimum Gasteiger partial charge on any atom is -0.471 e. The average Bonchev–Trinajstić information content (AvgIpc) is 2.65. The van der Waals surface area contributed by atoms with E-state index in [0.29, 0.717) is 12.1 Å². The van der Waals surface area contributed by atoms with Gasteiger partial charge >= 0.3 is 12.3 Å². The lowest BCUT2D eigenvalue weighted by Crippen LogP contribution is -2.46. The second-order valence-electron chi connectivity index (χ2n) is 6.22. The van der Waals surface area contributed by atoms with Crippen LogP contribution >= 0.6 is 0 Å². The number of rotatable bonds is 8. The van der Waals surface area contributed by atoms with Crippen LogP contribution in [0.3, 0.4) is 0 Å². The number of nitrogens with one attached hydrogen (secondary N) is 1. The Morgan fingerprint density at radius 3 is 2.62 bits per heavy atom. The maximum absolute atomic E-state index is 12.9. The molecule has 0 bridgehead atoms. The Hall–Kier alpha value is -1.90. The van der Waals surface area contributed by atoms with Crippen molar-refractivity contribution < 1.29 is 27.1 Å². The smallest absolute Gasteiger partial charge is 0.340 e. The topological polar surface area (TPSA) is 54.5 Å². The molecule has 0 saturated carbocycles. The summed E-state index contributed by atoms with van der Waals surface area (Å²) in [4.78, 5) is 18.4. The molecule has 1 aromatic heterocycles. The molecule has 0 radical (unpaired) electrons. The summed E-state index contributed by atoms with van der Waals surface area (Å²) in [5.41, 5.74) is 0.310. The van der Waals surface area contributed by atoms with E-state index in [2.05, 4.69) is 15.0 Å². The lowest BCUT2D eigenvalue weighted by molar-refractivity contribution is -0.148. The van der Waals surface area contributed by atoms with Crippen molar-refractivity contribution in [1.29, 1.82) is 0 Å². The summed E-state index contributed by atoms with van der Waals surface area (Å²) in [6.07, 6.45) is -0.0444. The molecular formula is C17H23F4N3O2. The van der Waals surface area contributed by atoms with Crippen molar-refractivity contribution in [2.45, 2.75) is 44.6 Å². The van der Waals surface area contributed by atoms with Gasteiger partial charge in [-0.15, -0.1) is 0 Å². The molecule has 2 rings (SSSR count). The van der Waals surface area contributed by atoms with Crippen LogP contribution in [0.5, 0.6) is 5.88 Å². The van der Waals surface area contributed by atoms with Crippen LogP contribution in [0, 0.1) is 0 Å². The molecule has 9 heteroatoms. The van der Waals surface area contributed by atoms with Gasteiger partial charge in [0.15, 0.2) is 6.61 Å². The number of pyridine rings is 1. The summed E-state index contributed by atoms with van der Waals surface area (Å²) >= 11 is 0. The van der Waals surface area contributed by atoms with Gasteiger partial charge in [-0.05, 0) is 38.4 Å². The average molecular weight is 377 g/mol. The van der Waals surface area contributed by atoms with E-state index in [1.165, 1.54) is 18.3 Å². The predicted molar refractivity (Wildman–Crippen MR) is 87.9 cm³/mol. The van der Waals surface area contributed by atoms with Crippen LogP contribution in [0.15, 0.2) is 18.3 Å². The van der Waals surface area contributed by atoms with E-state index in [9.17, 15) is 22.4 Å². The molecule has 1 fully saturated rings. The minimum absolute atomic E-state index is 0.143. The van der Waals surface area contributed by atoms with Gasteiger partial charge < -0.3 is 15.0 Å². The van der Waals surface area contributed by atoms with Gasteiger partial charge in [0.05, 0.1) is 5.56 Å². The van der Waals surface area contributed by atoms with Crippen molar-refractivity contribution in [3.05, 3.63) is 23.9 Å². The highest BCUT2D eigenvalue weighted by Gasteiger charge is 2.41. The highest BCUT2D eigenvalue weighted by Crippen LogP contribution is 2.24. The maximum Gasteiger partial charge on any atom is 0.340 e. The number of ether oxygens (including phenoxy) is 1. The van der Waals surface area contributed by atoms with Gasteiger partial charge in [0.25, 0.3) is 5.91 Å². The number of amides is 1. The molecule has 5 nitrogen and oxygen atoms in total. The number of nitrogens with zero attached hydrogens (tertiary/aromatic N) is 2. The molecule has 0 atom stereocenters. The van der Waals surface area contributed by atoms with E-state index in [4.69, 9.17) is 0 Å². The Balaban J connectivity index is 2.02. The van der Waals surface area contributed by atoms with Gasteiger partial charge in [-0.25, -0.2) is 13.8 Å². The van der Waals surface area contributed by atoms with Crippen molar-refractivity contribution in [3.63, 3.8) is 0 Å². The Morgan fingerprint density at radius 1 is 1.38 bits per heavy atom. The van der Waals surface area contributed by atoms with Crippen LogP contribution in [0.25, 0.3) is 0 Å². The SMILES string of the molecule is CCCN(C(=O)c1ccc(OCC(F)(F)C(F)F)nc1)C1CCNCC1. The summed E-state index contributed by atoms with van der Waals surface area (Å²) in [5, 5.41) is 3.25. The molecule has 1 saturated heterocycles. The second-order valence-corrected chi connectivity index (χ2v) is 6.22. The first-order valence-electron chi connectivity index (χ1n) is 8.61. The first-order chi connectivity index (χ1) is 12.3. The normalized spacial score (nSPS) is 15.9. The van der Waals surface area contributed by atoms with Crippen molar-refractivity contribution >= 4 is 5.91 Å². The van der Waals surface area contributed by atoms with Gasteiger partial charge in [-0.3, -0.25) is 4.79 Å². The number of alkyl halides is 4. The zero-order chi connectivity index (χ0) is 19.2. The molecule has 1 amide bonds. The van der Waals surface area contributed by atoms with Crippen LogP contribution in [-0.4, -0.2) is 60.4 Å². The molecule has 0 unspecified atom stereocenters. The summed E-state index contributed by atoms with van der Waals surface area (Å²) in [6.45, 7) is 2.83. The first kappa shape index (κ1) is 20.4. The van der Waals surface area contributed by atoms with Crippen LogP contribution in [-0.2, 0) is 0 Å². The summed E-state index contributed by atoms with van der Waals surface area (Å²) < 4.78 is 54.6. The Kier molecular flexibility index (Phi) is 7.19. The van der Waals surface area contributed by atoms with E-state index in [-0.39, 0.29) is 17.8 Å². The summed E-state index contributed by atoms with van der Waals surface area (Å²) in [5.74, 6) is -4.66. The van der Waals surface area contributed by atoms with E-state index in [1.54, 1.807) is 0 Å². The molecule has 2 heterocycles. The largest absolute Gasteiger partial charge is 0.471 e. The van der Waals surface area contributed by atoms with Crippen LogP contribution in [0.2, 0.25) is 0 Å². The van der Waals surface area contributed by atoms with Gasteiger partial charge in [0.1, 0.15) is 0 Å². The Bertz CT molecular complexity index is 578. The van der Waals surface area contributed by atoms with Crippen LogP contribution in [0.4, 0.5) is 17.6 Å². The third-order valence-electron chi connectivity index (χ3n) is 4.19. The molecule has 146 valence electrons. The number of carbonyl (C=O) groups excluding carboxylic acids is 1. The molecule has 26 heavy (non-hydrogen) atoms. The maximum atomic E-state index is 12.9. The molecule has 1 N–H and O–H groups in total. The fourth-order valence-electron chi connectivity index (χ4n) is 2.80. The van der Waals surface area contributed by atoms with E-state index in [1.807, 2.05) is 11.8 Å². The summed E-state index contributed by atoms with van der Waals surface area (Å²) in [6, 6.07) is 2.79. The standard InChI is InChI=1S/C17H23F4N3O2/c1-2-9-24(13-5-7-22-8-6-13)15(25)12-3-4-14(23-10-12)26-11-17(20,21)16(18)19/h3-4,10,13,16,22H,2,5-9,11H2,1H3. The Labute approximate surface area is 149 Å². The zero-order valence-corrected chi connectivity index (χ0v) is 14.6. The highest BCUT2D eigenvalue weighted by molar-refractivity contribution is 5.94. The monoisotopic (exact) mass is 377 g/mol. The van der Waals surface area contributed by atoms with Gasteiger partial charge in [0.2, 0.25) is 5.88 Å². The van der Waals surface area contributed by atoms with E-state index in [0.717, 1.165) is 32.4 Å². The second kappa shape index (κ2) is 9.16. The van der Waals surface area contributed by atoms with Crippen molar-refractivity contribution in [1.82, 2.24) is 15.2 Å². The van der Waals surface area contributed by atoms with Gasteiger partial charge in [0, 0.05) is 24.8 Å². The number of carbonyl (C=O) groups is 1. The molecule has 1 aromatic rings.